The maximum Gasteiger partial charge on any atom is 0.282 e. The van der Waals surface area contributed by atoms with Gasteiger partial charge in [-0.2, -0.15) is 0 Å². The normalized spacial score (nSPS) is 10.6. The number of nitrogens with two attached hydrogens (primary N) is 1. The zero-order chi connectivity index (χ0) is 10.9. The molecule has 7 heteroatoms. The van der Waals surface area contributed by atoms with Gasteiger partial charge in [0.2, 0.25) is 0 Å². The van der Waals surface area contributed by atoms with Gasteiger partial charge in [0.15, 0.2) is 0 Å². The molecule has 3 nitrogen and oxygen atoms in total. The lowest BCUT2D eigenvalue weighted by molar-refractivity contribution is 0.108. The van der Waals surface area contributed by atoms with Crippen molar-refractivity contribution in [3.63, 3.8) is 0 Å². The Kier molecular flexibility index (Phi) is 3.38. The van der Waals surface area contributed by atoms with Crippen molar-refractivity contribution in [1.82, 2.24) is 4.98 Å². The smallest absolute Gasteiger partial charge is 0.282 e. The van der Waals surface area contributed by atoms with Crippen molar-refractivity contribution in [1.29, 1.82) is 0 Å². The molecule has 1 aromatic rings. The average Bonchev–Trinajstić information content (AvgIpc) is 2.02. The maximum atomic E-state index is 12.3. The van der Waals surface area contributed by atoms with Crippen LogP contribution in [0, 0.1) is 0 Å². The third kappa shape index (κ3) is 2.01. The number of halogens is 4. The molecule has 0 amide bonds. The zero-order valence-electron chi connectivity index (χ0n) is 6.60. The number of anilines is 1. The Morgan fingerprint density at radius 1 is 1.64 bits per heavy atom. The summed E-state index contributed by atoms with van der Waals surface area (Å²) >= 11 is 8.11. The summed E-state index contributed by atoms with van der Waals surface area (Å²) in [6.07, 6.45) is -1.77. The molecule has 1 aromatic heterocycles. The summed E-state index contributed by atoms with van der Waals surface area (Å²) in [5.74, 6) is 0. The number of carbonyl (C=O) groups excluding carboxylic acids is 1. The summed E-state index contributed by atoms with van der Waals surface area (Å²) < 4.78 is 24.8. The van der Waals surface area contributed by atoms with E-state index in [1.54, 1.807) is 0 Å². The van der Waals surface area contributed by atoms with Gasteiger partial charge in [0.1, 0.15) is 5.69 Å². The minimum absolute atomic E-state index is 0.183. The van der Waals surface area contributed by atoms with E-state index in [0.29, 0.717) is 0 Å². The predicted molar refractivity (Wildman–Crippen MR) is 51.5 cm³/mol. The average molecular weight is 285 g/mol. The number of hydrogen-bond acceptors (Lipinski definition) is 3. The second-order valence-electron chi connectivity index (χ2n) is 2.35. The van der Waals surface area contributed by atoms with E-state index >= 15 is 0 Å². The first-order valence-electron chi connectivity index (χ1n) is 3.37. The molecule has 0 unspecified atom stereocenters. The van der Waals surface area contributed by atoms with E-state index in [0.717, 1.165) is 6.20 Å². The van der Waals surface area contributed by atoms with Crippen LogP contribution in [0.3, 0.4) is 0 Å². The molecular weight excluding hydrogens is 281 g/mol. The van der Waals surface area contributed by atoms with Crippen LogP contribution in [-0.2, 0) is 0 Å². The lowest BCUT2D eigenvalue weighted by Crippen LogP contribution is -2.06. The molecule has 0 aliphatic heterocycles. The summed E-state index contributed by atoms with van der Waals surface area (Å²) in [6.45, 7) is 0. The fourth-order valence-corrected chi connectivity index (χ4v) is 1.70. The molecule has 0 radical (unpaired) electrons. The first-order valence-corrected chi connectivity index (χ1v) is 4.54. The zero-order valence-corrected chi connectivity index (χ0v) is 8.94. The highest BCUT2D eigenvalue weighted by atomic mass is 79.9. The first kappa shape index (κ1) is 11.3. The van der Waals surface area contributed by atoms with Gasteiger partial charge in [-0.25, -0.2) is 8.78 Å². The molecular formula is C7H4BrClF2N2O. The molecule has 0 fully saturated rings. The molecule has 0 aliphatic carbocycles. The highest BCUT2D eigenvalue weighted by Gasteiger charge is 2.21. The number of nitrogens with zero attached hydrogens (tertiary/aromatic N) is 1. The molecule has 2 N–H and O–H groups in total. The van der Waals surface area contributed by atoms with E-state index in [-0.39, 0.29) is 10.0 Å². The van der Waals surface area contributed by atoms with Gasteiger partial charge in [0.25, 0.3) is 11.7 Å². The Balaban J connectivity index is 3.41. The fraction of sp³-hybridized carbons (Fsp3) is 0.143. The van der Waals surface area contributed by atoms with Gasteiger partial charge in [0, 0.05) is 6.20 Å². The molecule has 0 spiro atoms. The molecule has 0 atom stereocenters. The van der Waals surface area contributed by atoms with Crippen LogP contribution >= 0.6 is 27.5 Å². The van der Waals surface area contributed by atoms with Gasteiger partial charge in [0.05, 0.1) is 15.7 Å². The van der Waals surface area contributed by atoms with Crippen LogP contribution in [-0.4, -0.2) is 10.2 Å². The molecule has 0 bridgehead atoms. The van der Waals surface area contributed by atoms with Crippen LogP contribution in [0.1, 0.15) is 22.5 Å². The van der Waals surface area contributed by atoms with E-state index < -0.39 is 23.0 Å². The van der Waals surface area contributed by atoms with E-state index in [9.17, 15) is 13.6 Å². The van der Waals surface area contributed by atoms with Gasteiger partial charge < -0.3 is 5.73 Å². The van der Waals surface area contributed by atoms with Crippen molar-refractivity contribution in [2.75, 3.05) is 5.73 Å². The van der Waals surface area contributed by atoms with Crippen LogP contribution in [0.4, 0.5) is 14.5 Å². The Morgan fingerprint density at radius 3 is 2.64 bits per heavy atom. The van der Waals surface area contributed by atoms with E-state index in [1.165, 1.54) is 0 Å². The second kappa shape index (κ2) is 4.18. The van der Waals surface area contributed by atoms with Gasteiger partial charge in [-0.05, 0) is 27.5 Å². The largest absolute Gasteiger partial charge is 0.396 e. The minimum Gasteiger partial charge on any atom is -0.396 e. The van der Waals surface area contributed by atoms with Gasteiger partial charge in [-0.1, -0.05) is 0 Å². The topological polar surface area (TPSA) is 56.0 Å². The SMILES string of the molecule is Nc1c(C(F)F)ncc(Br)c1C(=O)Cl. The number of hydrogen-bond donors (Lipinski definition) is 1. The summed E-state index contributed by atoms with van der Waals surface area (Å²) in [4.78, 5) is 14.2. The van der Waals surface area contributed by atoms with Crippen LogP contribution in [0.2, 0.25) is 0 Å². The fourth-order valence-electron chi connectivity index (χ4n) is 0.891. The lowest BCUT2D eigenvalue weighted by Gasteiger charge is -2.07. The Morgan fingerprint density at radius 2 is 2.21 bits per heavy atom. The summed E-state index contributed by atoms with van der Waals surface area (Å²) in [6, 6.07) is 0. The van der Waals surface area contributed by atoms with Crippen LogP contribution in [0.15, 0.2) is 10.7 Å². The van der Waals surface area contributed by atoms with E-state index in [2.05, 4.69) is 20.9 Å². The van der Waals surface area contributed by atoms with Crippen LogP contribution in [0.5, 0.6) is 0 Å². The molecule has 0 aliphatic rings. The number of pyridine rings is 1. The number of aromatic nitrogens is 1. The van der Waals surface area contributed by atoms with Crippen LogP contribution < -0.4 is 5.73 Å². The van der Waals surface area contributed by atoms with Crippen molar-refractivity contribution in [2.45, 2.75) is 6.43 Å². The van der Waals surface area contributed by atoms with Crippen molar-refractivity contribution in [2.24, 2.45) is 0 Å². The van der Waals surface area contributed by atoms with Gasteiger partial charge >= 0.3 is 0 Å². The third-order valence-electron chi connectivity index (χ3n) is 1.50. The Labute approximate surface area is 91.4 Å². The molecule has 76 valence electrons. The monoisotopic (exact) mass is 284 g/mol. The summed E-state index contributed by atoms with van der Waals surface area (Å²) in [5, 5.41) is -0.904. The predicted octanol–water partition coefficient (Wildman–Crippen LogP) is 2.74. The maximum absolute atomic E-state index is 12.3. The highest BCUT2D eigenvalue weighted by molar-refractivity contribution is 9.10. The second-order valence-corrected chi connectivity index (χ2v) is 3.55. The molecule has 1 rings (SSSR count). The molecule has 0 saturated heterocycles. The van der Waals surface area contributed by atoms with Crippen molar-refractivity contribution in [3.05, 3.63) is 21.9 Å². The number of rotatable bonds is 2. The Bertz CT molecular complexity index is 386. The molecule has 0 aromatic carbocycles. The van der Waals surface area contributed by atoms with Gasteiger partial charge in [-0.3, -0.25) is 9.78 Å². The number of nitrogen functional groups attached to an aromatic ring is 1. The van der Waals surface area contributed by atoms with E-state index in [1.807, 2.05) is 0 Å². The first-order chi connectivity index (χ1) is 6.45. The van der Waals surface area contributed by atoms with Crippen LogP contribution in [0.25, 0.3) is 0 Å². The minimum atomic E-state index is -2.84. The molecule has 1 heterocycles. The van der Waals surface area contributed by atoms with Crippen molar-refractivity contribution < 1.29 is 13.6 Å². The van der Waals surface area contributed by atoms with Crippen molar-refractivity contribution >= 4 is 38.5 Å². The molecule has 14 heavy (non-hydrogen) atoms. The quantitative estimate of drug-likeness (QED) is 0.850. The van der Waals surface area contributed by atoms with Crippen molar-refractivity contribution in [3.8, 4) is 0 Å². The molecule has 0 saturated carbocycles. The number of alkyl halides is 2. The number of carbonyl (C=O) groups is 1. The van der Waals surface area contributed by atoms with E-state index in [4.69, 9.17) is 17.3 Å². The Hall–Kier alpha value is -0.750. The third-order valence-corrected chi connectivity index (χ3v) is 2.29. The summed E-state index contributed by atoms with van der Waals surface area (Å²) in [5.41, 5.74) is 4.09. The standard InChI is InChI=1S/C7H4BrClF2N2O/c8-2-1-13-5(7(10)11)4(12)3(2)6(9)14/h1,7H,12H2. The highest BCUT2D eigenvalue weighted by Crippen LogP contribution is 2.31. The van der Waals surface area contributed by atoms with Gasteiger partial charge in [-0.15, -0.1) is 0 Å². The summed E-state index contributed by atoms with van der Waals surface area (Å²) in [7, 11) is 0. The lowest BCUT2D eigenvalue weighted by atomic mass is 10.2.